The van der Waals surface area contributed by atoms with Crippen LogP contribution in [0.2, 0.25) is 0 Å². The van der Waals surface area contributed by atoms with Crippen LogP contribution in [0.3, 0.4) is 0 Å². The van der Waals surface area contributed by atoms with Crippen LogP contribution in [0.25, 0.3) is 0 Å². The van der Waals surface area contributed by atoms with Crippen LogP contribution in [0.15, 0.2) is 11.6 Å². The molecule has 0 radical (unpaired) electrons. The fourth-order valence-electron chi connectivity index (χ4n) is 2.81. The fourth-order valence-corrected chi connectivity index (χ4v) is 2.81. The van der Waals surface area contributed by atoms with E-state index in [9.17, 15) is 0 Å². The summed E-state index contributed by atoms with van der Waals surface area (Å²) in [7, 11) is 2.28. The predicted octanol–water partition coefficient (Wildman–Crippen LogP) is 2.44. The van der Waals surface area contributed by atoms with Gasteiger partial charge in [0.05, 0.1) is 0 Å². The highest BCUT2D eigenvalue weighted by Crippen LogP contribution is 2.32. The minimum Gasteiger partial charge on any atom is -0.299 e. The Morgan fingerprint density at radius 2 is 2.08 bits per heavy atom. The fraction of sp³-hybridized carbons (Fsp3) is 0.818. The summed E-state index contributed by atoms with van der Waals surface area (Å²) in [6.45, 7) is 3.46. The zero-order valence-electron chi connectivity index (χ0n) is 8.21. The van der Waals surface area contributed by atoms with E-state index in [4.69, 9.17) is 0 Å². The summed E-state index contributed by atoms with van der Waals surface area (Å²) in [5.41, 5.74) is 1.57. The maximum absolute atomic E-state index is 2.54. The molecule has 1 nitrogen and oxygen atoms in total. The Balaban J connectivity index is 2.14. The molecule has 68 valence electrons. The molecule has 2 atom stereocenters. The Labute approximate surface area is 75.4 Å². The number of hydrogen-bond acceptors (Lipinski definition) is 1. The lowest BCUT2D eigenvalue weighted by molar-refractivity contribution is 0.151. The topological polar surface area (TPSA) is 3.24 Å². The van der Waals surface area contributed by atoms with Gasteiger partial charge in [0.1, 0.15) is 0 Å². The van der Waals surface area contributed by atoms with Crippen molar-refractivity contribution in [2.45, 2.75) is 38.6 Å². The van der Waals surface area contributed by atoms with E-state index in [1.54, 1.807) is 5.57 Å². The first kappa shape index (κ1) is 8.31. The maximum atomic E-state index is 2.54. The molecule has 0 aromatic heterocycles. The van der Waals surface area contributed by atoms with Crippen LogP contribution in [-0.2, 0) is 0 Å². The minimum absolute atomic E-state index is 0.863. The molecule has 1 fully saturated rings. The second kappa shape index (κ2) is 3.21. The molecule has 2 unspecified atom stereocenters. The van der Waals surface area contributed by atoms with E-state index in [0.29, 0.717) is 0 Å². The first-order valence-corrected chi connectivity index (χ1v) is 5.15. The molecule has 1 saturated carbocycles. The second-order valence-corrected chi connectivity index (χ2v) is 4.44. The Morgan fingerprint density at radius 3 is 2.92 bits per heavy atom. The lowest BCUT2D eigenvalue weighted by Gasteiger charge is -2.40. The molecule has 0 aromatic rings. The van der Waals surface area contributed by atoms with Crippen LogP contribution in [-0.4, -0.2) is 24.5 Å². The molecule has 0 N–H and O–H groups in total. The lowest BCUT2D eigenvalue weighted by Crippen LogP contribution is -2.43. The Kier molecular flexibility index (Phi) is 2.22. The molecule has 1 aliphatic heterocycles. The van der Waals surface area contributed by atoms with Crippen molar-refractivity contribution < 1.29 is 0 Å². The minimum atomic E-state index is 0.863. The van der Waals surface area contributed by atoms with Crippen molar-refractivity contribution in [2.75, 3.05) is 13.6 Å². The van der Waals surface area contributed by atoms with Gasteiger partial charge < -0.3 is 0 Å². The van der Waals surface area contributed by atoms with Crippen LogP contribution >= 0.6 is 0 Å². The monoisotopic (exact) mass is 165 g/mol. The third-order valence-electron chi connectivity index (χ3n) is 3.35. The van der Waals surface area contributed by atoms with Gasteiger partial charge in [0.25, 0.3) is 0 Å². The summed E-state index contributed by atoms with van der Waals surface area (Å²) in [6.07, 6.45) is 8.25. The van der Waals surface area contributed by atoms with Crippen molar-refractivity contribution in [3.63, 3.8) is 0 Å². The van der Waals surface area contributed by atoms with Gasteiger partial charge in [-0.1, -0.05) is 24.5 Å². The Bertz CT molecular complexity index is 195. The summed E-state index contributed by atoms with van der Waals surface area (Å²) in [6, 6.07) is 0.863. The van der Waals surface area contributed by atoms with Gasteiger partial charge in [-0.2, -0.15) is 0 Å². The van der Waals surface area contributed by atoms with Gasteiger partial charge in [0, 0.05) is 12.6 Å². The molecule has 0 amide bonds. The van der Waals surface area contributed by atoms with Crippen molar-refractivity contribution in [3.05, 3.63) is 11.6 Å². The number of fused-ring (bicyclic) bond motifs is 1. The standard InChI is InChI=1S/C11H19N/c1-9-7-10-5-3-4-6-11(10)12(2)8-9/h7,10-11H,3-6,8H2,1-2H3. The van der Waals surface area contributed by atoms with E-state index in [2.05, 4.69) is 24.9 Å². The number of nitrogens with zero attached hydrogens (tertiary/aromatic N) is 1. The number of likely N-dealkylation sites (N-methyl/N-ethyl adjacent to an activating group) is 1. The molecule has 1 heterocycles. The molecule has 1 aliphatic carbocycles. The normalized spacial score (nSPS) is 37.3. The molecular formula is C11H19N. The van der Waals surface area contributed by atoms with Crippen molar-refractivity contribution in [3.8, 4) is 0 Å². The largest absolute Gasteiger partial charge is 0.299 e. The zero-order chi connectivity index (χ0) is 8.55. The highest BCUT2D eigenvalue weighted by molar-refractivity contribution is 5.11. The van der Waals surface area contributed by atoms with Crippen LogP contribution in [0.1, 0.15) is 32.6 Å². The highest BCUT2D eigenvalue weighted by atomic mass is 15.1. The van der Waals surface area contributed by atoms with Gasteiger partial charge in [-0.15, -0.1) is 0 Å². The van der Waals surface area contributed by atoms with Crippen LogP contribution in [0.5, 0.6) is 0 Å². The molecule has 2 aliphatic rings. The molecule has 0 spiro atoms. The summed E-state index contributed by atoms with van der Waals surface area (Å²) in [5.74, 6) is 0.873. The van der Waals surface area contributed by atoms with E-state index in [1.165, 1.54) is 32.2 Å². The summed E-state index contributed by atoms with van der Waals surface area (Å²) < 4.78 is 0. The molecule has 0 aromatic carbocycles. The van der Waals surface area contributed by atoms with Crippen molar-refractivity contribution in [1.82, 2.24) is 4.90 Å². The van der Waals surface area contributed by atoms with Gasteiger partial charge >= 0.3 is 0 Å². The second-order valence-electron chi connectivity index (χ2n) is 4.44. The van der Waals surface area contributed by atoms with E-state index in [-0.39, 0.29) is 0 Å². The zero-order valence-corrected chi connectivity index (χ0v) is 8.21. The SMILES string of the molecule is CC1=CC2CCCCC2N(C)C1. The van der Waals surface area contributed by atoms with Crippen molar-refractivity contribution >= 4 is 0 Å². The van der Waals surface area contributed by atoms with E-state index in [1.807, 2.05) is 0 Å². The third kappa shape index (κ3) is 1.42. The molecule has 0 saturated heterocycles. The first-order chi connectivity index (χ1) is 5.77. The van der Waals surface area contributed by atoms with E-state index < -0.39 is 0 Å². The van der Waals surface area contributed by atoms with Crippen LogP contribution < -0.4 is 0 Å². The van der Waals surface area contributed by atoms with Gasteiger partial charge in [-0.3, -0.25) is 4.90 Å². The number of rotatable bonds is 0. The van der Waals surface area contributed by atoms with Gasteiger partial charge in [-0.25, -0.2) is 0 Å². The smallest absolute Gasteiger partial charge is 0.0190 e. The molecular weight excluding hydrogens is 146 g/mol. The van der Waals surface area contributed by atoms with Crippen LogP contribution in [0.4, 0.5) is 0 Å². The van der Waals surface area contributed by atoms with Gasteiger partial charge in [0.15, 0.2) is 0 Å². The van der Waals surface area contributed by atoms with Gasteiger partial charge in [0.2, 0.25) is 0 Å². The predicted molar refractivity (Wildman–Crippen MR) is 52.1 cm³/mol. The van der Waals surface area contributed by atoms with E-state index in [0.717, 1.165) is 12.0 Å². The highest BCUT2D eigenvalue weighted by Gasteiger charge is 2.29. The number of hydrogen-bond donors (Lipinski definition) is 0. The molecule has 1 heteroatoms. The lowest BCUT2D eigenvalue weighted by atomic mass is 9.80. The molecule has 0 bridgehead atoms. The summed E-state index contributed by atoms with van der Waals surface area (Å²) in [4.78, 5) is 2.54. The molecule has 12 heavy (non-hydrogen) atoms. The average Bonchev–Trinajstić information content (AvgIpc) is 2.04. The van der Waals surface area contributed by atoms with Crippen molar-refractivity contribution in [2.24, 2.45) is 5.92 Å². The maximum Gasteiger partial charge on any atom is 0.0190 e. The quantitative estimate of drug-likeness (QED) is 0.498. The van der Waals surface area contributed by atoms with Gasteiger partial charge in [-0.05, 0) is 32.7 Å². The van der Waals surface area contributed by atoms with Crippen molar-refractivity contribution in [1.29, 1.82) is 0 Å². The third-order valence-corrected chi connectivity index (χ3v) is 3.35. The Hall–Kier alpha value is -0.300. The van der Waals surface area contributed by atoms with E-state index >= 15 is 0 Å². The summed E-state index contributed by atoms with van der Waals surface area (Å²) in [5, 5.41) is 0. The summed E-state index contributed by atoms with van der Waals surface area (Å²) >= 11 is 0. The molecule has 2 rings (SSSR count). The first-order valence-electron chi connectivity index (χ1n) is 5.15. The average molecular weight is 165 g/mol. The Morgan fingerprint density at radius 1 is 1.33 bits per heavy atom. The van der Waals surface area contributed by atoms with Crippen LogP contribution in [0, 0.1) is 5.92 Å².